The van der Waals surface area contributed by atoms with Crippen LogP contribution in [-0.2, 0) is 16.1 Å². The van der Waals surface area contributed by atoms with E-state index in [1.54, 1.807) is 4.90 Å². The molecule has 7 nitrogen and oxygen atoms in total. The van der Waals surface area contributed by atoms with E-state index in [0.717, 1.165) is 18.4 Å². The number of aliphatic hydroxyl groups is 1. The van der Waals surface area contributed by atoms with Crippen molar-refractivity contribution < 1.29 is 23.8 Å². The number of benzene rings is 1. The molecule has 1 aliphatic rings. The average molecular weight is 332 g/mol. The number of esters is 1. The molecule has 0 aliphatic carbocycles. The summed E-state index contributed by atoms with van der Waals surface area (Å²) in [5, 5.41) is 10.4. The summed E-state index contributed by atoms with van der Waals surface area (Å²) in [6, 6.07) is 9.35. The lowest BCUT2D eigenvalue weighted by molar-refractivity contribution is -0.206. The summed E-state index contributed by atoms with van der Waals surface area (Å²) in [6.07, 6.45) is 1.73. The van der Waals surface area contributed by atoms with Gasteiger partial charge in [0.1, 0.15) is 0 Å². The molecule has 2 atom stereocenters. The number of hydrogen-bond acceptors (Lipinski definition) is 7. The van der Waals surface area contributed by atoms with Crippen LogP contribution in [0, 0.1) is 0 Å². The van der Waals surface area contributed by atoms with Crippen LogP contribution in [0.2, 0.25) is 0 Å². The van der Waals surface area contributed by atoms with Gasteiger partial charge in [-0.25, -0.2) is 14.7 Å². The van der Waals surface area contributed by atoms with E-state index in [-0.39, 0.29) is 11.7 Å². The third kappa shape index (κ3) is 3.48. The summed E-state index contributed by atoms with van der Waals surface area (Å²) in [6.45, 7) is 0.938. The molecule has 1 aromatic carbocycles. The molecule has 1 aromatic heterocycles. The Balaban J connectivity index is 1.69. The SMILES string of the molecule is COC(=O)c1ncoc1[C@@H]1CCCN1C(O)OCc1ccccc1. The smallest absolute Gasteiger partial charge is 0.360 e. The molecule has 0 saturated carbocycles. The van der Waals surface area contributed by atoms with Crippen LogP contribution in [0.15, 0.2) is 41.1 Å². The highest BCUT2D eigenvalue weighted by molar-refractivity contribution is 5.88. The molecule has 3 rings (SSSR count). The Labute approximate surface area is 139 Å². The summed E-state index contributed by atoms with van der Waals surface area (Å²) < 4.78 is 15.7. The second-order valence-electron chi connectivity index (χ2n) is 5.58. The quantitative estimate of drug-likeness (QED) is 0.640. The number of oxazole rings is 1. The van der Waals surface area contributed by atoms with Crippen molar-refractivity contribution in [3.63, 3.8) is 0 Å². The van der Waals surface area contributed by atoms with Crippen LogP contribution in [0.25, 0.3) is 0 Å². The maximum absolute atomic E-state index is 11.8. The van der Waals surface area contributed by atoms with Gasteiger partial charge in [-0.15, -0.1) is 0 Å². The number of nitrogens with zero attached hydrogens (tertiary/aromatic N) is 2. The van der Waals surface area contributed by atoms with E-state index >= 15 is 0 Å². The number of rotatable bonds is 6. The lowest BCUT2D eigenvalue weighted by atomic mass is 10.1. The van der Waals surface area contributed by atoms with Crippen LogP contribution in [0.4, 0.5) is 0 Å². The van der Waals surface area contributed by atoms with Crippen molar-refractivity contribution in [3.8, 4) is 0 Å². The highest BCUT2D eigenvalue weighted by Gasteiger charge is 2.37. The summed E-state index contributed by atoms with van der Waals surface area (Å²) in [7, 11) is 1.30. The molecular formula is C17H20N2O5. The Morgan fingerprint density at radius 3 is 3.00 bits per heavy atom. The first-order chi connectivity index (χ1) is 11.7. The molecule has 1 saturated heterocycles. The fraction of sp³-hybridized carbons (Fsp3) is 0.412. The standard InChI is InChI=1S/C17H20N2O5/c1-22-16(20)14-15(24-11-18-14)13-8-5-9-19(13)17(21)23-10-12-6-3-2-4-7-12/h2-4,6-7,11,13,17,21H,5,8-10H2,1H3/t13-,17?/m0/s1. The molecule has 1 unspecified atom stereocenters. The van der Waals surface area contributed by atoms with Gasteiger partial charge in [0.05, 0.1) is 19.8 Å². The molecule has 0 amide bonds. The van der Waals surface area contributed by atoms with Gasteiger partial charge in [-0.05, 0) is 18.4 Å². The number of hydrogen-bond donors (Lipinski definition) is 1. The first-order valence-corrected chi connectivity index (χ1v) is 7.81. The fourth-order valence-corrected chi connectivity index (χ4v) is 2.92. The second kappa shape index (κ2) is 7.57. The van der Waals surface area contributed by atoms with Crippen LogP contribution < -0.4 is 0 Å². The lowest BCUT2D eigenvalue weighted by Gasteiger charge is -2.28. The average Bonchev–Trinajstić information content (AvgIpc) is 3.28. The molecule has 7 heteroatoms. The minimum absolute atomic E-state index is 0.143. The maximum atomic E-state index is 11.8. The molecule has 1 fully saturated rings. The molecule has 2 aromatic rings. The van der Waals surface area contributed by atoms with Crippen molar-refractivity contribution in [1.29, 1.82) is 0 Å². The van der Waals surface area contributed by atoms with Gasteiger partial charge in [0.25, 0.3) is 0 Å². The van der Waals surface area contributed by atoms with Gasteiger partial charge < -0.3 is 19.0 Å². The van der Waals surface area contributed by atoms with Gasteiger partial charge in [0, 0.05) is 6.54 Å². The highest BCUT2D eigenvalue weighted by Crippen LogP contribution is 2.35. The largest absolute Gasteiger partial charge is 0.464 e. The number of ether oxygens (including phenoxy) is 2. The van der Waals surface area contributed by atoms with Crippen LogP contribution in [-0.4, -0.2) is 41.0 Å². The van der Waals surface area contributed by atoms with Crippen molar-refractivity contribution >= 4 is 5.97 Å². The van der Waals surface area contributed by atoms with E-state index in [1.807, 2.05) is 30.3 Å². The van der Waals surface area contributed by atoms with Crippen LogP contribution in [0.5, 0.6) is 0 Å². The Morgan fingerprint density at radius 1 is 1.46 bits per heavy atom. The summed E-state index contributed by atoms with van der Waals surface area (Å²) in [5.74, 6) is -0.146. The molecule has 24 heavy (non-hydrogen) atoms. The number of methoxy groups -OCH3 is 1. The number of aromatic nitrogens is 1. The maximum Gasteiger partial charge on any atom is 0.360 e. The van der Waals surface area contributed by atoms with E-state index < -0.39 is 12.4 Å². The molecule has 0 spiro atoms. The zero-order valence-corrected chi connectivity index (χ0v) is 13.4. The zero-order chi connectivity index (χ0) is 16.9. The number of carbonyl (C=O) groups is 1. The van der Waals surface area contributed by atoms with Gasteiger partial charge in [0.15, 0.2) is 17.8 Å². The van der Waals surface area contributed by atoms with E-state index in [4.69, 9.17) is 13.9 Å². The van der Waals surface area contributed by atoms with Crippen molar-refractivity contribution in [2.45, 2.75) is 31.9 Å². The van der Waals surface area contributed by atoms with E-state index in [1.165, 1.54) is 13.5 Å². The second-order valence-corrected chi connectivity index (χ2v) is 5.58. The Hall–Kier alpha value is -2.22. The van der Waals surface area contributed by atoms with E-state index in [2.05, 4.69) is 4.98 Å². The summed E-state index contributed by atoms with van der Waals surface area (Å²) >= 11 is 0. The summed E-state index contributed by atoms with van der Waals surface area (Å²) in [4.78, 5) is 17.5. The molecule has 1 N–H and O–H groups in total. The first kappa shape index (κ1) is 16.6. The van der Waals surface area contributed by atoms with Gasteiger partial charge >= 0.3 is 5.97 Å². The third-order valence-electron chi connectivity index (χ3n) is 4.10. The van der Waals surface area contributed by atoms with Crippen molar-refractivity contribution in [2.75, 3.05) is 13.7 Å². The Bertz CT molecular complexity index is 673. The summed E-state index contributed by atoms with van der Waals surface area (Å²) in [5.41, 5.74) is 1.12. The molecular weight excluding hydrogens is 312 g/mol. The van der Waals surface area contributed by atoms with Crippen molar-refractivity contribution in [1.82, 2.24) is 9.88 Å². The molecule has 1 aliphatic heterocycles. The van der Waals surface area contributed by atoms with Crippen LogP contribution in [0.3, 0.4) is 0 Å². The predicted octanol–water partition coefficient (Wildman–Crippen LogP) is 2.09. The Kier molecular flexibility index (Phi) is 5.24. The monoisotopic (exact) mass is 332 g/mol. The normalized spacial score (nSPS) is 19.3. The molecule has 2 heterocycles. The topological polar surface area (TPSA) is 85.0 Å². The number of aliphatic hydroxyl groups excluding tert-OH is 1. The first-order valence-electron chi connectivity index (χ1n) is 7.81. The van der Waals surface area contributed by atoms with Crippen molar-refractivity contribution in [3.05, 3.63) is 53.7 Å². The zero-order valence-electron chi connectivity index (χ0n) is 13.4. The minimum Gasteiger partial charge on any atom is -0.464 e. The van der Waals surface area contributed by atoms with Gasteiger partial charge in [-0.3, -0.25) is 0 Å². The van der Waals surface area contributed by atoms with Crippen LogP contribution in [0.1, 0.15) is 40.7 Å². The van der Waals surface area contributed by atoms with E-state index in [0.29, 0.717) is 18.9 Å². The highest BCUT2D eigenvalue weighted by atomic mass is 16.6. The lowest BCUT2D eigenvalue weighted by Crippen LogP contribution is -2.37. The van der Waals surface area contributed by atoms with Crippen LogP contribution >= 0.6 is 0 Å². The molecule has 0 bridgehead atoms. The van der Waals surface area contributed by atoms with Crippen molar-refractivity contribution in [2.24, 2.45) is 0 Å². The van der Waals surface area contributed by atoms with Gasteiger partial charge in [0.2, 0.25) is 6.41 Å². The predicted molar refractivity (Wildman–Crippen MR) is 83.8 cm³/mol. The van der Waals surface area contributed by atoms with E-state index in [9.17, 15) is 9.90 Å². The minimum atomic E-state index is -1.09. The molecule has 128 valence electrons. The number of carbonyl (C=O) groups excluding carboxylic acids is 1. The fourth-order valence-electron chi connectivity index (χ4n) is 2.92. The van der Waals surface area contributed by atoms with Gasteiger partial charge in [-0.1, -0.05) is 30.3 Å². The molecule has 0 radical (unpaired) electrons. The van der Waals surface area contributed by atoms with Gasteiger partial charge in [-0.2, -0.15) is 0 Å². The number of likely N-dealkylation sites (tertiary alicyclic amines) is 1. The Morgan fingerprint density at radius 2 is 2.25 bits per heavy atom. The third-order valence-corrected chi connectivity index (χ3v) is 4.10.